The molecular formula is C28H32F2N6O5S. The number of aliphatic carboxylic acids is 1. The fourth-order valence-electron chi connectivity index (χ4n) is 5.59. The van der Waals surface area contributed by atoms with Crippen molar-refractivity contribution in [3.63, 3.8) is 0 Å². The van der Waals surface area contributed by atoms with Gasteiger partial charge in [0.2, 0.25) is 0 Å². The van der Waals surface area contributed by atoms with Crippen molar-refractivity contribution in [1.29, 1.82) is 0 Å². The van der Waals surface area contributed by atoms with Crippen LogP contribution in [0.4, 0.5) is 13.6 Å². The van der Waals surface area contributed by atoms with E-state index in [1.54, 1.807) is 35.2 Å². The van der Waals surface area contributed by atoms with E-state index >= 15 is 0 Å². The number of esters is 1. The predicted molar refractivity (Wildman–Crippen MR) is 150 cm³/mol. The van der Waals surface area contributed by atoms with Crippen molar-refractivity contribution in [3.8, 4) is 0 Å². The number of ether oxygens (including phenoxy) is 1. The highest BCUT2D eigenvalue weighted by molar-refractivity contribution is 7.11. The zero-order chi connectivity index (χ0) is 30.3. The zero-order valence-electron chi connectivity index (χ0n) is 23.7. The summed E-state index contributed by atoms with van der Waals surface area (Å²) < 4.78 is 33.8. The molecule has 0 saturated carbocycles. The minimum absolute atomic E-state index is 0.0346. The van der Waals surface area contributed by atoms with Gasteiger partial charge in [-0.1, -0.05) is 6.07 Å². The molecule has 11 nitrogen and oxygen atoms in total. The first-order valence-corrected chi connectivity index (χ1v) is 14.3. The van der Waals surface area contributed by atoms with Gasteiger partial charge in [0.1, 0.15) is 6.04 Å². The first kappa shape index (κ1) is 29.6. The van der Waals surface area contributed by atoms with Crippen molar-refractivity contribution >= 4 is 35.1 Å². The maximum absolute atomic E-state index is 14.7. The Bertz CT molecular complexity index is 1480. The van der Waals surface area contributed by atoms with Gasteiger partial charge < -0.3 is 25.0 Å². The molecular weight excluding hydrogens is 570 g/mol. The predicted octanol–water partition coefficient (Wildman–Crippen LogP) is 2.78. The van der Waals surface area contributed by atoms with Crippen LogP contribution in [-0.4, -0.2) is 101 Å². The monoisotopic (exact) mass is 602 g/mol. The maximum Gasteiger partial charge on any atom is 0.338 e. The normalized spacial score (nSPS) is 21.3. The number of benzene rings is 1. The Balaban J connectivity index is 1.46. The molecule has 4 heterocycles. The molecule has 5 rings (SSSR count). The van der Waals surface area contributed by atoms with Crippen LogP contribution in [0, 0.1) is 24.0 Å². The summed E-state index contributed by atoms with van der Waals surface area (Å²) in [5.41, 5.74) is -0.0773. The molecule has 1 aromatic carbocycles. The largest absolute Gasteiger partial charge is 0.481 e. The van der Waals surface area contributed by atoms with E-state index in [-0.39, 0.29) is 36.3 Å². The summed E-state index contributed by atoms with van der Waals surface area (Å²) in [5, 5.41) is 15.1. The molecule has 2 atom stereocenters. The third kappa shape index (κ3) is 5.48. The Morgan fingerprint density at radius 3 is 2.67 bits per heavy atom. The van der Waals surface area contributed by atoms with Crippen molar-refractivity contribution < 1.29 is 33.0 Å². The lowest BCUT2D eigenvalue weighted by Crippen LogP contribution is -2.53. The number of aromatic nitrogens is 1. The number of fused-ring (bicyclic) bond motifs is 1. The van der Waals surface area contributed by atoms with E-state index in [1.807, 2.05) is 0 Å². The van der Waals surface area contributed by atoms with Crippen LogP contribution in [0.25, 0.3) is 0 Å². The van der Waals surface area contributed by atoms with E-state index in [2.05, 4.69) is 15.2 Å². The Hall–Kier alpha value is -3.91. The number of carbonyl (C=O) groups is 3. The first-order chi connectivity index (χ1) is 19.9. The number of urea groups is 1. The van der Waals surface area contributed by atoms with Gasteiger partial charge in [-0.25, -0.2) is 23.4 Å². The van der Waals surface area contributed by atoms with Crippen LogP contribution in [0.15, 0.2) is 40.0 Å². The van der Waals surface area contributed by atoms with Gasteiger partial charge in [0, 0.05) is 56.5 Å². The fourth-order valence-corrected chi connectivity index (χ4v) is 6.18. The molecule has 0 unspecified atom stereocenters. The SMILES string of the molecule is COC(=O)C1=C(CN2CCN3C(=O)N(CC(C)(C)C(=O)O)C[C@@H]3C2)NC(c2nccs2)=N[C@H]1c1ccc(F)c(F)c1C. The maximum atomic E-state index is 14.7. The molecule has 1 aromatic heterocycles. The number of hydrogen-bond donors (Lipinski definition) is 2. The summed E-state index contributed by atoms with van der Waals surface area (Å²) in [6.45, 7) is 6.76. The molecule has 0 radical (unpaired) electrons. The topological polar surface area (TPSA) is 128 Å². The van der Waals surface area contributed by atoms with Gasteiger partial charge in [-0.05, 0) is 38.0 Å². The van der Waals surface area contributed by atoms with Crippen LogP contribution in [0.5, 0.6) is 0 Å². The van der Waals surface area contributed by atoms with Gasteiger partial charge in [-0.15, -0.1) is 11.3 Å². The molecule has 0 aliphatic carbocycles. The minimum Gasteiger partial charge on any atom is -0.481 e. The van der Waals surface area contributed by atoms with Gasteiger partial charge in [-0.3, -0.25) is 14.7 Å². The number of halogens is 2. The lowest BCUT2D eigenvalue weighted by molar-refractivity contribution is -0.147. The molecule has 14 heteroatoms. The number of aliphatic imine (C=N–C) groups is 1. The second-order valence-electron chi connectivity index (χ2n) is 11.2. The number of rotatable bonds is 8. The number of piperazine rings is 1. The number of nitrogens with one attached hydrogen (secondary N) is 1. The number of carboxylic acid groups (broad SMARTS) is 1. The molecule has 0 spiro atoms. The summed E-state index contributed by atoms with van der Waals surface area (Å²) in [6.07, 6.45) is 1.62. The van der Waals surface area contributed by atoms with Crippen LogP contribution in [0.2, 0.25) is 0 Å². The van der Waals surface area contributed by atoms with Crippen LogP contribution in [0.3, 0.4) is 0 Å². The molecule has 2 N–H and O–H groups in total. The van der Waals surface area contributed by atoms with Crippen LogP contribution in [0.1, 0.15) is 36.0 Å². The Morgan fingerprint density at radius 1 is 1.24 bits per heavy atom. The summed E-state index contributed by atoms with van der Waals surface area (Å²) in [6, 6.07) is 1.10. The smallest absolute Gasteiger partial charge is 0.338 e. The van der Waals surface area contributed by atoms with Crippen molar-refractivity contribution in [2.24, 2.45) is 10.4 Å². The first-order valence-electron chi connectivity index (χ1n) is 13.4. The minimum atomic E-state index is -1.09. The summed E-state index contributed by atoms with van der Waals surface area (Å²) in [4.78, 5) is 52.4. The number of nitrogens with zero attached hydrogens (tertiary/aromatic N) is 5. The Morgan fingerprint density at radius 2 is 2.00 bits per heavy atom. The van der Waals surface area contributed by atoms with Crippen LogP contribution in [-0.2, 0) is 14.3 Å². The number of amidine groups is 1. The molecule has 2 fully saturated rings. The van der Waals surface area contributed by atoms with Crippen molar-refractivity contribution in [3.05, 3.63) is 62.7 Å². The van der Waals surface area contributed by atoms with Gasteiger partial charge in [0.05, 0.1) is 24.1 Å². The van der Waals surface area contributed by atoms with Crippen molar-refractivity contribution in [2.45, 2.75) is 32.9 Å². The summed E-state index contributed by atoms with van der Waals surface area (Å²) in [7, 11) is 1.25. The lowest BCUT2D eigenvalue weighted by Gasteiger charge is -2.38. The number of carboxylic acids is 1. The number of hydrogen-bond acceptors (Lipinski definition) is 9. The fraction of sp³-hybridized carbons (Fsp3) is 0.464. The summed E-state index contributed by atoms with van der Waals surface area (Å²) in [5.74, 6) is -3.26. The average molecular weight is 603 g/mol. The lowest BCUT2D eigenvalue weighted by atomic mass is 9.92. The van der Waals surface area contributed by atoms with Gasteiger partial charge >= 0.3 is 18.0 Å². The standard InChI is InChI=1S/C28H32F2N6O5S/c1-15-17(5-6-18(29)21(15)30)22-20(25(37)41-4)19(32-23(33-22)24-31-7-10-42-24)13-34-8-9-36-16(11-34)12-35(27(36)40)14-28(2,3)26(38)39/h5-7,10,16,22H,8-9,11-14H2,1-4H3,(H,32,33)(H,38,39)/t16-,22-/m0/s1. The highest BCUT2D eigenvalue weighted by Crippen LogP contribution is 2.36. The highest BCUT2D eigenvalue weighted by atomic mass is 32.1. The van der Waals surface area contributed by atoms with E-state index in [0.29, 0.717) is 48.3 Å². The van der Waals surface area contributed by atoms with Crippen molar-refractivity contribution in [2.75, 3.05) is 46.4 Å². The molecule has 2 amide bonds. The van der Waals surface area contributed by atoms with Crippen LogP contribution >= 0.6 is 11.3 Å². The average Bonchev–Trinajstić information content (AvgIpc) is 3.59. The third-order valence-corrected chi connectivity index (χ3v) is 8.68. The van der Waals surface area contributed by atoms with Crippen LogP contribution < -0.4 is 5.32 Å². The second-order valence-corrected chi connectivity index (χ2v) is 12.1. The third-order valence-electron chi connectivity index (χ3n) is 7.90. The van der Waals surface area contributed by atoms with Gasteiger partial charge in [0.25, 0.3) is 0 Å². The number of methoxy groups -OCH3 is 1. The molecule has 224 valence electrons. The molecule has 3 aliphatic heterocycles. The van der Waals surface area contributed by atoms with Gasteiger partial charge in [0.15, 0.2) is 22.5 Å². The molecule has 0 bridgehead atoms. The zero-order valence-corrected chi connectivity index (χ0v) is 24.5. The molecule has 2 aromatic rings. The van der Waals surface area contributed by atoms with E-state index < -0.39 is 35.0 Å². The Kier molecular flexibility index (Phi) is 8.03. The Labute approximate surface area is 245 Å². The van der Waals surface area contributed by atoms with E-state index in [9.17, 15) is 28.3 Å². The van der Waals surface area contributed by atoms with E-state index in [0.717, 1.165) is 6.07 Å². The van der Waals surface area contributed by atoms with E-state index in [1.165, 1.54) is 31.4 Å². The van der Waals surface area contributed by atoms with E-state index in [4.69, 9.17) is 9.73 Å². The number of amides is 2. The number of thiazole rings is 1. The highest BCUT2D eigenvalue weighted by Gasteiger charge is 2.44. The second kappa shape index (κ2) is 11.4. The quantitative estimate of drug-likeness (QED) is 0.442. The number of carbonyl (C=O) groups excluding carboxylic acids is 2. The molecule has 3 aliphatic rings. The van der Waals surface area contributed by atoms with Crippen molar-refractivity contribution in [1.82, 2.24) is 25.0 Å². The molecule has 42 heavy (non-hydrogen) atoms. The molecule has 2 saturated heterocycles. The summed E-state index contributed by atoms with van der Waals surface area (Å²) >= 11 is 1.34. The van der Waals surface area contributed by atoms with Gasteiger partial charge in [-0.2, -0.15) is 0 Å².